The van der Waals surface area contributed by atoms with Crippen molar-refractivity contribution in [2.75, 3.05) is 13.1 Å². The van der Waals surface area contributed by atoms with E-state index in [1.165, 1.54) is 4.31 Å². The van der Waals surface area contributed by atoms with Crippen molar-refractivity contribution in [3.63, 3.8) is 0 Å². The lowest BCUT2D eigenvalue weighted by molar-refractivity contribution is 0.293. The standard InChI is InChI=1S/C12H15BrClNO2S/c1-9-5-6-15(8-12(9)14)18(16,17)11-4-2-3-10(13)7-11/h2-4,7,9,12H,5-6,8H2,1H3. The minimum absolute atomic E-state index is 0.110. The lowest BCUT2D eigenvalue weighted by Crippen LogP contribution is -2.43. The first-order valence-electron chi connectivity index (χ1n) is 5.81. The SMILES string of the molecule is CC1CCN(S(=O)(=O)c2cccc(Br)c2)CC1Cl. The van der Waals surface area contributed by atoms with E-state index in [1.807, 2.05) is 6.07 Å². The molecule has 3 nitrogen and oxygen atoms in total. The van der Waals surface area contributed by atoms with Crippen molar-refractivity contribution in [3.05, 3.63) is 28.7 Å². The van der Waals surface area contributed by atoms with Gasteiger partial charge in [0, 0.05) is 22.9 Å². The maximum absolute atomic E-state index is 12.4. The maximum atomic E-state index is 12.4. The molecule has 1 saturated heterocycles. The summed E-state index contributed by atoms with van der Waals surface area (Å²) in [7, 11) is -3.42. The lowest BCUT2D eigenvalue weighted by Gasteiger charge is -2.33. The molecule has 1 aromatic rings. The fraction of sp³-hybridized carbons (Fsp3) is 0.500. The molecule has 1 heterocycles. The third-order valence-electron chi connectivity index (χ3n) is 3.26. The van der Waals surface area contributed by atoms with Gasteiger partial charge in [-0.3, -0.25) is 0 Å². The minimum atomic E-state index is -3.42. The van der Waals surface area contributed by atoms with Crippen LogP contribution in [0.5, 0.6) is 0 Å². The Hall–Kier alpha value is -0.100. The van der Waals surface area contributed by atoms with Gasteiger partial charge in [-0.15, -0.1) is 11.6 Å². The van der Waals surface area contributed by atoms with E-state index in [0.29, 0.717) is 23.9 Å². The number of piperidine rings is 1. The Bertz CT molecular complexity index is 535. The summed E-state index contributed by atoms with van der Waals surface area (Å²) >= 11 is 9.46. The van der Waals surface area contributed by atoms with Crippen LogP contribution in [0, 0.1) is 5.92 Å². The monoisotopic (exact) mass is 351 g/mol. The molecule has 18 heavy (non-hydrogen) atoms. The third kappa shape index (κ3) is 2.90. The highest BCUT2D eigenvalue weighted by Gasteiger charge is 2.32. The van der Waals surface area contributed by atoms with Crippen LogP contribution in [0.25, 0.3) is 0 Å². The molecule has 0 aliphatic carbocycles. The van der Waals surface area contributed by atoms with Crippen molar-refractivity contribution in [1.82, 2.24) is 4.31 Å². The zero-order valence-corrected chi connectivity index (χ0v) is 13.2. The molecule has 6 heteroatoms. The van der Waals surface area contributed by atoms with Crippen molar-refractivity contribution >= 4 is 37.6 Å². The van der Waals surface area contributed by atoms with Crippen molar-refractivity contribution < 1.29 is 8.42 Å². The summed E-state index contributed by atoms with van der Waals surface area (Å²) in [5.41, 5.74) is 0. The Labute approximate surface area is 121 Å². The van der Waals surface area contributed by atoms with E-state index >= 15 is 0 Å². The number of halogens is 2. The van der Waals surface area contributed by atoms with Crippen LogP contribution in [0.1, 0.15) is 13.3 Å². The molecule has 0 spiro atoms. The van der Waals surface area contributed by atoms with E-state index in [2.05, 4.69) is 22.9 Å². The molecule has 0 bridgehead atoms. The predicted molar refractivity (Wildman–Crippen MR) is 76.3 cm³/mol. The van der Waals surface area contributed by atoms with Crippen molar-refractivity contribution in [3.8, 4) is 0 Å². The average molecular weight is 353 g/mol. The van der Waals surface area contributed by atoms with E-state index in [1.54, 1.807) is 18.2 Å². The van der Waals surface area contributed by atoms with E-state index in [-0.39, 0.29) is 5.38 Å². The second-order valence-electron chi connectivity index (χ2n) is 4.60. The first-order valence-corrected chi connectivity index (χ1v) is 8.48. The van der Waals surface area contributed by atoms with Crippen LogP contribution in [-0.2, 0) is 10.0 Å². The minimum Gasteiger partial charge on any atom is -0.207 e. The molecule has 1 fully saturated rings. The Morgan fingerprint density at radius 1 is 1.44 bits per heavy atom. The average Bonchev–Trinajstić information content (AvgIpc) is 2.32. The predicted octanol–water partition coefficient (Wildman–Crippen LogP) is 3.09. The van der Waals surface area contributed by atoms with Gasteiger partial charge in [-0.2, -0.15) is 4.31 Å². The Morgan fingerprint density at radius 2 is 2.17 bits per heavy atom. The number of nitrogens with zero attached hydrogens (tertiary/aromatic N) is 1. The van der Waals surface area contributed by atoms with Crippen LogP contribution in [0.4, 0.5) is 0 Å². The van der Waals surface area contributed by atoms with E-state index < -0.39 is 10.0 Å². The van der Waals surface area contributed by atoms with Crippen molar-refractivity contribution in [2.45, 2.75) is 23.6 Å². The quantitative estimate of drug-likeness (QED) is 0.767. The van der Waals surface area contributed by atoms with Gasteiger partial charge in [0.05, 0.1) is 4.90 Å². The van der Waals surface area contributed by atoms with Gasteiger partial charge in [0.2, 0.25) is 10.0 Å². The first-order chi connectivity index (χ1) is 8.41. The molecule has 2 rings (SSSR count). The zero-order valence-electron chi connectivity index (χ0n) is 10.0. The van der Waals surface area contributed by atoms with Gasteiger partial charge in [0.15, 0.2) is 0 Å². The van der Waals surface area contributed by atoms with Crippen LogP contribution < -0.4 is 0 Å². The van der Waals surface area contributed by atoms with Gasteiger partial charge in [-0.1, -0.05) is 28.9 Å². The van der Waals surface area contributed by atoms with Gasteiger partial charge >= 0.3 is 0 Å². The molecule has 2 unspecified atom stereocenters. The van der Waals surface area contributed by atoms with Gasteiger partial charge < -0.3 is 0 Å². The highest BCUT2D eigenvalue weighted by Crippen LogP contribution is 2.27. The summed E-state index contributed by atoms with van der Waals surface area (Å²) in [4.78, 5) is 0.315. The molecule has 1 aliphatic rings. The van der Waals surface area contributed by atoms with Crippen LogP contribution in [0.15, 0.2) is 33.6 Å². The van der Waals surface area contributed by atoms with E-state index in [0.717, 1.165) is 10.9 Å². The van der Waals surface area contributed by atoms with Crippen LogP contribution >= 0.6 is 27.5 Å². The third-order valence-corrected chi connectivity index (χ3v) is 6.19. The smallest absolute Gasteiger partial charge is 0.207 e. The maximum Gasteiger partial charge on any atom is 0.243 e. The van der Waals surface area contributed by atoms with Gasteiger partial charge in [-0.05, 0) is 30.5 Å². The molecule has 0 saturated carbocycles. The number of alkyl halides is 1. The summed E-state index contributed by atoms with van der Waals surface area (Å²) in [6.45, 7) is 2.98. The van der Waals surface area contributed by atoms with Crippen LogP contribution in [0.3, 0.4) is 0 Å². The zero-order chi connectivity index (χ0) is 13.3. The van der Waals surface area contributed by atoms with Crippen molar-refractivity contribution in [2.24, 2.45) is 5.92 Å². The molecule has 0 radical (unpaired) electrons. The van der Waals surface area contributed by atoms with E-state index in [9.17, 15) is 8.42 Å². The van der Waals surface area contributed by atoms with Crippen LogP contribution in [-0.4, -0.2) is 31.2 Å². The largest absolute Gasteiger partial charge is 0.243 e. The van der Waals surface area contributed by atoms with Gasteiger partial charge in [0.1, 0.15) is 0 Å². The molecule has 100 valence electrons. The number of hydrogen-bond acceptors (Lipinski definition) is 2. The lowest BCUT2D eigenvalue weighted by atomic mass is 10.0. The molecular weight excluding hydrogens is 338 g/mol. The Balaban J connectivity index is 2.27. The molecule has 0 aromatic heterocycles. The molecule has 0 N–H and O–H groups in total. The van der Waals surface area contributed by atoms with Gasteiger partial charge in [-0.25, -0.2) is 8.42 Å². The van der Waals surface area contributed by atoms with Crippen molar-refractivity contribution in [1.29, 1.82) is 0 Å². The van der Waals surface area contributed by atoms with E-state index in [4.69, 9.17) is 11.6 Å². The summed E-state index contributed by atoms with van der Waals surface area (Å²) < 4.78 is 27.1. The molecule has 2 atom stereocenters. The molecule has 0 amide bonds. The highest BCUT2D eigenvalue weighted by molar-refractivity contribution is 9.10. The number of benzene rings is 1. The summed E-state index contributed by atoms with van der Waals surface area (Å²) in [5, 5.41) is -0.110. The first kappa shape index (κ1) is 14.3. The summed E-state index contributed by atoms with van der Waals surface area (Å²) in [5.74, 6) is 0.362. The fourth-order valence-corrected chi connectivity index (χ4v) is 4.44. The summed E-state index contributed by atoms with van der Waals surface area (Å²) in [6.07, 6.45) is 0.807. The Morgan fingerprint density at radius 3 is 2.78 bits per heavy atom. The second-order valence-corrected chi connectivity index (χ2v) is 8.02. The normalized spacial score (nSPS) is 26.2. The Kier molecular flexibility index (Phi) is 4.36. The number of rotatable bonds is 2. The highest BCUT2D eigenvalue weighted by atomic mass is 79.9. The van der Waals surface area contributed by atoms with Gasteiger partial charge in [0.25, 0.3) is 0 Å². The summed E-state index contributed by atoms with van der Waals surface area (Å²) in [6, 6.07) is 6.77. The van der Waals surface area contributed by atoms with Crippen LogP contribution in [0.2, 0.25) is 0 Å². The second kappa shape index (κ2) is 5.49. The number of hydrogen-bond donors (Lipinski definition) is 0. The molecular formula is C12H15BrClNO2S. The molecule has 1 aromatic carbocycles. The topological polar surface area (TPSA) is 37.4 Å². The number of sulfonamides is 1. The fourth-order valence-electron chi connectivity index (χ4n) is 1.99. The molecule has 1 aliphatic heterocycles.